The van der Waals surface area contributed by atoms with Crippen molar-refractivity contribution in [3.63, 3.8) is 0 Å². The Morgan fingerprint density at radius 3 is 3.08 bits per heavy atom. The van der Waals surface area contributed by atoms with Crippen LogP contribution in [0.25, 0.3) is 6.08 Å². The number of pyridine rings is 1. The van der Waals surface area contributed by atoms with E-state index >= 15 is 0 Å². The van der Waals surface area contributed by atoms with Gasteiger partial charge in [-0.1, -0.05) is 18.2 Å². The van der Waals surface area contributed by atoms with Crippen LogP contribution in [0.15, 0.2) is 48.2 Å². The van der Waals surface area contributed by atoms with E-state index in [4.69, 9.17) is 15.2 Å². The predicted octanol–water partition coefficient (Wildman–Crippen LogP) is 2.77. The highest BCUT2D eigenvalue weighted by Crippen LogP contribution is 2.26. The van der Waals surface area contributed by atoms with Crippen molar-refractivity contribution in [3.8, 4) is 5.75 Å². The molecule has 26 heavy (non-hydrogen) atoms. The number of aromatic nitrogens is 1. The molecule has 1 fully saturated rings. The summed E-state index contributed by atoms with van der Waals surface area (Å²) in [4.78, 5) is 6.52. The molecule has 0 amide bonds. The summed E-state index contributed by atoms with van der Waals surface area (Å²) in [6.07, 6.45) is 6.26. The van der Waals surface area contributed by atoms with E-state index in [2.05, 4.69) is 28.1 Å². The molecule has 1 atom stereocenters. The summed E-state index contributed by atoms with van der Waals surface area (Å²) in [5, 5.41) is 0. The zero-order chi connectivity index (χ0) is 17.8. The topological polar surface area (TPSA) is 60.6 Å². The number of nitrogen functional groups attached to an aromatic ring is 1. The van der Waals surface area contributed by atoms with Crippen LogP contribution in [-0.2, 0) is 11.2 Å². The SMILES string of the molecule is Nc1cc(CCC2CN(CC3=Cc4ccccc4OC3)CCO2)ccn1. The lowest BCUT2D eigenvalue weighted by Crippen LogP contribution is -2.43. The Kier molecular flexibility index (Phi) is 5.18. The Morgan fingerprint density at radius 2 is 2.15 bits per heavy atom. The number of fused-ring (bicyclic) bond motifs is 1. The van der Waals surface area contributed by atoms with Gasteiger partial charge in [0.2, 0.25) is 0 Å². The average molecular weight is 351 g/mol. The molecule has 3 heterocycles. The Balaban J connectivity index is 1.32. The van der Waals surface area contributed by atoms with Crippen LogP contribution in [0.5, 0.6) is 5.75 Å². The molecule has 5 nitrogen and oxygen atoms in total. The van der Waals surface area contributed by atoms with Crippen molar-refractivity contribution in [1.29, 1.82) is 0 Å². The molecule has 5 heteroatoms. The number of hydrogen-bond donors (Lipinski definition) is 1. The molecule has 1 aromatic carbocycles. The van der Waals surface area contributed by atoms with Gasteiger partial charge in [-0.05, 0) is 48.3 Å². The summed E-state index contributed by atoms with van der Waals surface area (Å²) in [5.41, 5.74) is 9.48. The van der Waals surface area contributed by atoms with Gasteiger partial charge >= 0.3 is 0 Å². The average Bonchev–Trinajstić information content (AvgIpc) is 2.67. The molecule has 4 rings (SSSR count). The molecule has 1 aromatic heterocycles. The summed E-state index contributed by atoms with van der Waals surface area (Å²) in [6.45, 7) is 4.33. The molecular weight excluding hydrogens is 326 g/mol. The van der Waals surface area contributed by atoms with E-state index in [9.17, 15) is 0 Å². The number of para-hydroxylation sites is 1. The van der Waals surface area contributed by atoms with Gasteiger partial charge < -0.3 is 15.2 Å². The van der Waals surface area contributed by atoms with Gasteiger partial charge in [0.1, 0.15) is 18.2 Å². The fourth-order valence-electron chi connectivity index (χ4n) is 3.62. The fraction of sp³-hybridized carbons (Fsp3) is 0.381. The Labute approximate surface area is 154 Å². The van der Waals surface area contributed by atoms with E-state index in [1.165, 1.54) is 16.7 Å². The molecule has 0 spiro atoms. The van der Waals surface area contributed by atoms with Gasteiger partial charge in [0.25, 0.3) is 0 Å². The van der Waals surface area contributed by atoms with Crippen LogP contribution in [-0.4, -0.2) is 48.8 Å². The Morgan fingerprint density at radius 1 is 1.23 bits per heavy atom. The first-order valence-electron chi connectivity index (χ1n) is 9.22. The standard InChI is InChI=1S/C21H25N3O2/c22-21-12-16(7-8-23-21)5-6-19-14-24(9-10-25-19)13-17-11-18-3-1-2-4-20(18)26-15-17/h1-4,7-8,11-12,19H,5-6,9-10,13-15H2,(H2,22,23). The largest absolute Gasteiger partial charge is 0.489 e. The predicted molar refractivity (Wildman–Crippen MR) is 103 cm³/mol. The first kappa shape index (κ1) is 17.1. The van der Waals surface area contributed by atoms with E-state index < -0.39 is 0 Å². The van der Waals surface area contributed by atoms with Crippen molar-refractivity contribution in [2.75, 3.05) is 38.6 Å². The minimum Gasteiger partial charge on any atom is -0.489 e. The summed E-state index contributed by atoms with van der Waals surface area (Å²) in [6, 6.07) is 12.2. The molecule has 0 bridgehead atoms. The number of nitrogens with two attached hydrogens (primary N) is 1. The molecule has 2 aliphatic rings. The molecule has 0 radical (unpaired) electrons. The van der Waals surface area contributed by atoms with Crippen molar-refractivity contribution < 1.29 is 9.47 Å². The van der Waals surface area contributed by atoms with Gasteiger partial charge in [-0.3, -0.25) is 4.90 Å². The first-order valence-corrected chi connectivity index (χ1v) is 9.22. The lowest BCUT2D eigenvalue weighted by atomic mass is 10.0. The lowest BCUT2D eigenvalue weighted by molar-refractivity contribution is -0.0291. The highest BCUT2D eigenvalue weighted by Gasteiger charge is 2.22. The molecule has 2 aromatic rings. The zero-order valence-electron chi connectivity index (χ0n) is 14.9. The molecule has 2 aliphatic heterocycles. The molecule has 1 saturated heterocycles. The fourth-order valence-corrected chi connectivity index (χ4v) is 3.62. The van der Waals surface area contributed by atoms with Gasteiger partial charge in [0, 0.05) is 31.4 Å². The van der Waals surface area contributed by atoms with Crippen molar-refractivity contribution in [2.45, 2.75) is 18.9 Å². The van der Waals surface area contributed by atoms with E-state index in [0.717, 1.165) is 44.8 Å². The van der Waals surface area contributed by atoms with Gasteiger partial charge in [-0.15, -0.1) is 0 Å². The Hall–Kier alpha value is -2.37. The maximum atomic E-state index is 5.97. The quantitative estimate of drug-likeness (QED) is 0.898. The monoisotopic (exact) mass is 351 g/mol. The van der Waals surface area contributed by atoms with E-state index in [0.29, 0.717) is 12.4 Å². The molecule has 2 N–H and O–H groups in total. The summed E-state index contributed by atoms with van der Waals surface area (Å²) in [7, 11) is 0. The second-order valence-corrected chi connectivity index (χ2v) is 6.98. The number of anilines is 1. The molecular formula is C21H25N3O2. The van der Waals surface area contributed by atoms with Crippen molar-refractivity contribution in [2.24, 2.45) is 0 Å². The number of ether oxygens (including phenoxy) is 2. The maximum Gasteiger partial charge on any atom is 0.127 e. The summed E-state index contributed by atoms with van der Waals surface area (Å²) in [5.74, 6) is 1.56. The van der Waals surface area contributed by atoms with Crippen LogP contribution in [0.4, 0.5) is 5.82 Å². The summed E-state index contributed by atoms with van der Waals surface area (Å²) >= 11 is 0. The number of morpholine rings is 1. The molecule has 136 valence electrons. The minimum atomic E-state index is 0.260. The van der Waals surface area contributed by atoms with E-state index in [1.54, 1.807) is 6.20 Å². The van der Waals surface area contributed by atoms with Crippen molar-refractivity contribution in [1.82, 2.24) is 9.88 Å². The van der Waals surface area contributed by atoms with Crippen LogP contribution in [0.1, 0.15) is 17.5 Å². The highest BCUT2D eigenvalue weighted by molar-refractivity contribution is 5.62. The van der Waals surface area contributed by atoms with Crippen LogP contribution >= 0.6 is 0 Å². The minimum absolute atomic E-state index is 0.260. The van der Waals surface area contributed by atoms with Crippen molar-refractivity contribution >= 4 is 11.9 Å². The number of hydrogen-bond acceptors (Lipinski definition) is 5. The maximum absolute atomic E-state index is 5.97. The van der Waals surface area contributed by atoms with Crippen molar-refractivity contribution in [3.05, 3.63) is 59.3 Å². The highest BCUT2D eigenvalue weighted by atomic mass is 16.5. The zero-order valence-corrected chi connectivity index (χ0v) is 14.9. The third-order valence-corrected chi connectivity index (χ3v) is 4.94. The van der Waals surface area contributed by atoms with Gasteiger partial charge in [0.15, 0.2) is 0 Å². The summed E-state index contributed by atoms with van der Waals surface area (Å²) < 4.78 is 11.8. The number of nitrogens with zero attached hydrogens (tertiary/aromatic N) is 2. The number of benzene rings is 1. The Bertz CT molecular complexity index is 790. The van der Waals surface area contributed by atoms with E-state index in [-0.39, 0.29) is 6.10 Å². The smallest absolute Gasteiger partial charge is 0.127 e. The second-order valence-electron chi connectivity index (χ2n) is 6.98. The third kappa shape index (κ3) is 4.23. The van der Waals surface area contributed by atoms with Gasteiger partial charge in [-0.2, -0.15) is 0 Å². The van der Waals surface area contributed by atoms with Crippen LogP contribution < -0.4 is 10.5 Å². The van der Waals surface area contributed by atoms with Gasteiger partial charge in [0.05, 0.1) is 12.7 Å². The van der Waals surface area contributed by atoms with Crippen LogP contribution in [0, 0.1) is 0 Å². The third-order valence-electron chi connectivity index (χ3n) is 4.94. The number of aryl methyl sites for hydroxylation is 1. The second kappa shape index (κ2) is 7.89. The molecule has 1 unspecified atom stereocenters. The first-order chi connectivity index (χ1) is 12.8. The number of rotatable bonds is 5. The van der Waals surface area contributed by atoms with Crippen LogP contribution in [0.2, 0.25) is 0 Å². The lowest BCUT2D eigenvalue weighted by Gasteiger charge is -2.34. The van der Waals surface area contributed by atoms with Crippen LogP contribution in [0.3, 0.4) is 0 Å². The normalized spacial score (nSPS) is 20.2. The molecule has 0 saturated carbocycles. The molecule has 0 aliphatic carbocycles. The van der Waals surface area contributed by atoms with Gasteiger partial charge in [-0.25, -0.2) is 4.98 Å². The van der Waals surface area contributed by atoms with E-state index in [1.807, 2.05) is 24.3 Å².